The molecular formula is C17H20N6O2. The maximum absolute atomic E-state index is 12.4. The standard InChI is InChI=1S/C17H20N6O2/c1-11-19-15(21-12-7-3-2-4-8-12)13(14(18)24)16(20-11)22-17(25)23-9-5-6-10-23/h2-4,7-8H,5-6,9-10H2,1H3,(H2,18,24)(H2,19,20,21,22,25). The molecule has 3 amide bonds. The molecule has 1 aromatic carbocycles. The molecule has 1 fully saturated rings. The number of carbonyl (C=O) groups excluding carboxylic acids is 2. The van der Waals surface area contributed by atoms with Crippen molar-refractivity contribution in [2.24, 2.45) is 5.73 Å². The maximum Gasteiger partial charge on any atom is 0.323 e. The predicted molar refractivity (Wildman–Crippen MR) is 94.8 cm³/mol. The highest BCUT2D eigenvalue weighted by molar-refractivity contribution is 6.05. The van der Waals surface area contributed by atoms with Gasteiger partial charge >= 0.3 is 6.03 Å². The number of nitrogens with two attached hydrogens (primary N) is 1. The summed E-state index contributed by atoms with van der Waals surface area (Å²) < 4.78 is 0. The molecule has 2 heterocycles. The fraction of sp³-hybridized carbons (Fsp3) is 0.294. The highest BCUT2D eigenvalue weighted by atomic mass is 16.2. The Morgan fingerprint density at radius 1 is 1.08 bits per heavy atom. The van der Waals surface area contributed by atoms with Gasteiger partial charge in [-0.1, -0.05) is 18.2 Å². The Hall–Kier alpha value is -3.16. The monoisotopic (exact) mass is 340 g/mol. The van der Waals surface area contributed by atoms with E-state index in [2.05, 4.69) is 20.6 Å². The van der Waals surface area contributed by atoms with Crippen molar-refractivity contribution < 1.29 is 9.59 Å². The summed E-state index contributed by atoms with van der Waals surface area (Å²) in [6.07, 6.45) is 1.94. The van der Waals surface area contributed by atoms with Crippen molar-refractivity contribution in [3.8, 4) is 0 Å². The molecule has 3 rings (SSSR count). The molecule has 2 aromatic rings. The summed E-state index contributed by atoms with van der Waals surface area (Å²) in [5.74, 6) is 0.0913. The Morgan fingerprint density at radius 3 is 2.36 bits per heavy atom. The molecule has 1 aromatic heterocycles. The number of amides is 3. The van der Waals surface area contributed by atoms with Crippen LogP contribution in [0.25, 0.3) is 0 Å². The number of nitrogens with zero attached hydrogens (tertiary/aromatic N) is 3. The third-order valence-corrected chi connectivity index (χ3v) is 3.92. The lowest BCUT2D eigenvalue weighted by Crippen LogP contribution is -2.33. The number of hydrogen-bond donors (Lipinski definition) is 3. The van der Waals surface area contributed by atoms with Gasteiger partial charge in [0.1, 0.15) is 17.2 Å². The van der Waals surface area contributed by atoms with Crippen LogP contribution in [0, 0.1) is 6.92 Å². The van der Waals surface area contributed by atoms with Crippen molar-refractivity contribution >= 4 is 29.3 Å². The second-order valence-electron chi connectivity index (χ2n) is 5.82. The van der Waals surface area contributed by atoms with E-state index in [0.717, 1.165) is 18.5 Å². The number of rotatable bonds is 4. The number of likely N-dealkylation sites (tertiary alicyclic amines) is 1. The van der Waals surface area contributed by atoms with E-state index in [1.807, 2.05) is 30.3 Å². The smallest absolute Gasteiger partial charge is 0.323 e. The van der Waals surface area contributed by atoms with Crippen molar-refractivity contribution in [3.63, 3.8) is 0 Å². The molecule has 0 aliphatic carbocycles. The van der Waals surface area contributed by atoms with Gasteiger partial charge in [0.15, 0.2) is 5.82 Å². The summed E-state index contributed by atoms with van der Waals surface area (Å²) in [6.45, 7) is 3.07. The first-order valence-electron chi connectivity index (χ1n) is 8.11. The first-order chi connectivity index (χ1) is 12.0. The van der Waals surface area contributed by atoms with Crippen LogP contribution in [0.4, 0.5) is 22.1 Å². The average Bonchev–Trinajstić information content (AvgIpc) is 3.09. The van der Waals surface area contributed by atoms with Gasteiger partial charge in [-0.3, -0.25) is 10.1 Å². The van der Waals surface area contributed by atoms with Crippen molar-refractivity contribution in [3.05, 3.63) is 41.7 Å². The highest BCUT2D eigenvalue weighted by Crippen LogP contribution is 2.24. The second-order valence-corrected chi connectivity index (χ2v) is 5.82. The summed E-state index contributed by atoms with van der Waals surface area (Å²) >= 11 is 0. The van der Waals surface area contributed by atoms with E-state index in [1.165, 1.54) is 0 Å². The van der Waals surface area contributed by atoms with Gasteiger partial charge in [0.25, 0.3) is 5.91 Å². The third-order valence-electron chi connectivity index (χ3n) is 3.92. The molecule has 0 bridgehead atoms. The molecule has 25 heavy (non-hydrogen) atoms. The van der Waals surface area contributed by atoms with E-state index in [-0.39, 0.29) is 23.2 Å². The van der Waals surface area contributed by atoms with Crippen LogP contribution in [0.1, 0.15) is 29.0 Å². The SMILES string of the molecule is Cc1nc(NC(=O)N2CCCC2)c(C(N)=O)c(Nc2ccccc2)n1. The first kappa shape index (κ1) is 16.7. The molecule has 4 N–H and O–H groups in total. The Bertz CT molecular complexity index is 787. The van der Waals surface area contributed by atoms with Gasteiger partial charge in [0.2, 0.25) is 0 Å². The van der Waals surface area contributed by atoms with E-state index >= 15 is 0 Å². The van der Waals surface area contributed by atoms with E-state index in [9.17, 15) is 9.59 Å². The molecule has 0 saturated carbocycles. The number of urea groups is 1. The minimum atomic E-state index is -0.713. The largest absolute Gasteiger partial charge is 0.365 e. The third kappa shape index (κ3) is 3.85. The number of anilines is 3. The quantitative estimate of drug-likeness (QED) is 0.790. The Labute approximate surface area is 145 Å². The fourth-order valence-corrected chi connectivity index (χ4v) is 2.75. The van der Waals surface area contributed by atoms with Gasteiger partial charge in [-0.25, -0.2) is 14.8 Å². The van der Waals surface area contributed by atoms with Crippen molar-refractivity contribution in [1.29, 1.82) is 0 Å². The summed E-state index contributed by atoms with van der Waals surface area (Å²) in [5.41, 5.74) is 6.33. The van der Waals surface area contributed by atoms with Crippen LogP contribution in [-0.2, 0) is 0 Å². The molecule has 0 spiro atoms. The molecule has 0 radical (unpaired) electrons. The average molecular weight is 340 g/mol. The molecular weight excluding hydrogens is 320 g/mol. The molecule has 130 valence electrons. The van der Waals surface area contributed by atoms with E-state index in [4.69, 9.17) is 5.73 Å². The van der Waals surface area contributed by atoms with Crippen LogP contribution < -0.4 is 16.4 Å². The van der Waals surface area contributed by atoms with Gasteiger partial charge in [-0.2, -0.15) is 0 Å². The lowest BCUT2D eigenvalue weighted by Gasteiger charge is -2.18. The van der Waals surface area contributed by atoms with Gasteiger partial charge in [0.05, 0.1) is 0 Å². The number of primary amides is 1. The van der Waals surface area contributed by atoms with Gasteiger partial charge in [0, 0.05) is 18.8 Å². The van der Waals surface area contributed by atoms with Gasteiger partial charge in [-0.05, 0) is 31.9 Å². The second kappa shape index (κ2) is 7.16. The number of aromatic nitrogens is 2. The first-order valence-corrected chi connectivity index (χ1v) is 8.11. The zero-order valence-electron chi connectivity index (χ0n) is 14.0. The number of benzene rings is 1. The molecule has 1 aliphatic rings. The minimum absolute atomic E-state index is 0.0574. The van der Waals surface area contributed by atoms with Crippen LogP contribution in [-0.4, -0.2) is 39.9 Å². The van der Waals surface area contributed by atoms with Crippen LogP contribution in [0.2, 0.25) is 0 Å². The van der Waals surface area contributed by atoms with Gasteiger partial charge < -0.3 is 16.0 Å². The Balaban J connectivity index is 1.94. The molecule has 0 atom stereocenters. The van der Waals surface area contributed by atoms with Crippen molar-refractivity contribution in [2.45, 2.75) is 19.8 Å². The lowest BCUT2D eigenvalue weighted by molar-refractivity contribution is 0.100. The van der Waals surface area contributed by atoms with E-state index < -0.39 is 5.91 Å². The Kier molecular flexibility index (Phi) is 4.78. The summed E-state index contributed by atoms with van der Waals surface area (Å²) in [4.78, 5) is 34.5. The highest BCUT2D eigenvalue weighted by Gasteiger charge is 2.23. The topological polar surface area (TPSA) is 113 Å². The zero-order chi connectivity index (χ0) is 17.8. The van der Waals surface area contributed by atoms with E-state index in [0.29, 0.717) is 18.9 Å². The Morgan fingerprint density at radius 2 is 1.72 bits per heavy atom. The number of carbonyl (C=O) groups is 2. The summed E-state index contributed by atoms with van der Waals surface area (Å²) in [6, 6.07) is 8.98. The zero-order valence-corrected chi connectivity index (χ0v) is 14.0. The normalized spacial score (nSPS) is 13.6. The van der Waals surface area contributed by atoms with Crippen molar-refractivity contribution in [1.82, 2.24) is 14.9 Å². The van der Waals surface area contributed by atoms with Gasteiger partial charge in [-0.15, -0.1) is 0 Å². The van der Waals surface area contributed by atoms with Crippen LogP contribution >= 0.6 is 0 Å². The minimum Gasteiger partial charge on any atom is -0.365 e. The van der Waals surface area contributed by atoms with E-state index in [1.54, 1.807) is 11.8 Å². The predicted octanol–water partition coefficient (Wildman–Crippen LogP) is 2.26. The molecule has 1 saturated heterocycles. The van der Waals surface area contributed by atoms with Crippen molar-refractivity contribution in [2.75, 3.05) is 23.7 Å². The molecule has 1 aliphatic heterocycles. The number of aryl methyl sites for hydroxylation is 1. The molecule has 8 heteroatoms. The lowest BCUT2D eigenvalue weighted by atomic mass is 10.2. The summed E-state index contributed by atoms with van der Waals surface area (Å²) in [7, 11) is 0. The van der Waals surface area contributed by atoms with Crippen LogP contribution in [0.5, 0.6) is 0 Å². The maximum atomic E-state index is 12.4. The molecule has 8 nitrogen and oxygen atoms in total. The van der Waals surface area contributed by atoms with Crippen LogP contribution in [0.15, 0.2) is 30.3 Å². The number of para-hydroxylation sites is 1. The number of hydrogen-bond acceptors (Lipinski definition) is 5. The fourth-order valence-electron chi connectivity index (χ4n) is 2.75. The number of nitrogens with one attached hydrogen (secondary N) is 2. The van der Waals surface area contributed by atoms with Crippen LogP contribution in [0.3, 0.4) is 0 Å². The summed E-state index contributed by atoms with van der Waals surface area (Å²) in [5, 5.41) is 5.76. The molecule has 0 unspecified atom stereocenters.